The number of hydrogen-bond donors (Lipinski definition) is 2. The van der Waals surface area contributed by atoms with Crippen LogP contribution in [0, 0.1) is 0 Å². The second-order valence-corrected chi connectivity index (χ2v) is 5.30. The van der Waals surface area contributed by atoms with Crippen molar-refractivity contribution in [3.63, 3.8) is 0 Å². The van der Waals surface area contributed by atoms with Crippen LogP contribution in [0.4, 0.5) is 0 Å². The van der Waals surface area contributed by atoms with Crippen LogP contribution < -0.4 is 10.2 Å². The fourth-order valence-corrected chi connectivity index (χ4v) is 2.22. The fourth-order valence-electron chi connectivity index (χ4n) is 2.22. The van der Waals surface area contributed by atoms with Crippen molar-refractivity contribution in [2.45, 2.75) is 12.8 Å². The SMILES string of the molecule is O=C(CCCOc1ccc(-c2nc(-c3ccccc3)no2)cc1)NO. The largest absolute Gasteiger partial charge is 0.494 e. The number of nitrogens with zero attached hydrogens (tertiary/aromatic N) is 2. The molecule has 0 atom stereocenters. The van der Waals surface area contributed by atoms with Gasteiger partial charge in [0.1, 0.15) is 5.75 Å². The number of carbonyl (C=O) groups excluding carboxylic acids is 1. The summed E-state index contributed by atoms with van der Waals surface area (Å²) in [6.07, 6.45) is 0.719. The highest BCUT2D eigenvalue weighted by Gasteiger charge is 2.10. The highest BCUT2D eigenvalue weighted by Crippen LogP contribution is 2.24. The van der Waals surface area contributed by atoms with Gasteiger partial charge in [-0.2, -0.15) is 4.98 Å². The summed E-state index contributed by atoms with van der Waals surface area (Å²) >= 11 is 0. The predicted octanol–water partition coefficient (Wildman–Crippen LogP) is 3.07. The molecule has 0 aliphatic heterocycles. The number of aromatic nitrogens is 2. The molecule has 7 heteroatoms. The molecule has 1 heterocycles. The van der Waals surface area contributed by atoms with E-state index in [1.807, 2.05) is 42.5 Å². The summed E-state index contributed by atoms with van der Waals surface area (Å²) in [6.45, 7) is 0.380. The maximum atomic E-state index is 10.9. The summed E-state index contributed by atoms with van der Waals surface area (Å²) in [6, 6.07) is 16.9. The third-order valence-corrected chi connectivity index (χ3v) is 3.50. The first-order valence-corrected chi connectivity index (χ1v) is 7.81. The molecule has 0 fully saturated rings. The minimum absolute atomic E-state index is 0.207. The zero-order valence-electron chi connectivity index (χ0n) is 13.4. The molecule has 0 radical (unpaired) electrons. The van der Waals surface area contributed by atoms with Crippen molar-refractivity contribution < 1.29 is 19.3 Å². The van der Waals surface area contributed by atoms with Gasteiger partial charge in [0.2, 0.25) is 11.7 Å². The number of ether oxygens (including phenoxy) is 1. The number of amides is 1. The van der Waals surface area contributed by atoms with E-state index in [-0.39, 0.29) is 6.42 Å². The van der Waals surface area contributed by atoms with Gasteiger partial charge in [0.05, 0.1) is 6.61 Å². The lowest BCUT2D eigenvalue weighted by Crippen LogP contribution is -2.18. The number of nitrogens with one attached hydrogen (secondary N) is 1. The highest BCUT2D eigenvalue weighted by molar-refractivity contribution is 5.74. The molecule has 25 heavy (non-hydrogen) atoms. The molecule has 2 N–H and O–H groups in total. The first-order valence-electron chi connectivity index (χ1n) is 7.81. The van der Waals surface area contributed by atoms with Crippen molar-refractivity contribution in [1.82, 2.24) is 15.6 Å². The average molecular weight is 339 g/mol. The summed E-state index contributed by atoms with van der Waals surface area (Å²) < 4.78 is 10.9. The molecule has 0 saturated carbocycles. The molecular weight excluding hydrogens is 322 g/mol. The smallest absolute Gasteiger partial charge is 0.258 e. The number of hydroxylamine groups is 1. The molecule has 0 bridgehead atoms. The van der Waals surface area contributed by atoms with Crippen LogP contribution in [-0.4, -0.2) is 27.9 Å². The Labute approximate surface area is 144 Å². The van der Waals surface area contributed by atoms with Gasteiger partial charge in [-0.1, -0.05) is 35.5 Å². The Balaban J connectivity index is 1.59. The lowest BCUT2D eigenvalue weighted by Gasteiger charge is -2.05. The van der Waals surface area contributed by atoms with Crippen LogP contribution in [0.15, 0.2) is 59.1 Å². The Kier molecular flexibility index (Phi) is 5.38. The maximum Gasteiger partial charge on any atom is 0.258 e. The van der Waals surface area contributed by atoms with Gasteiger partial charge in [0.15, 0.2) is 0 Å². The lowest BCUT2D eigenvalue weighted by atomic mass is 10.2. The Morgan fingerprint density at radius 2 is 1.84 bits per heavy atom. The minimum Gasteiger partial charge on any atom is -0.494 e. The van der Waals surface area contributed by atoms with E-state index in [2.05, 4.69) is 10.1 Å². The third-order valence-electron chi connectivity index (χ3n) is 3.50. The van der Waals surface area contributed by atoms with Crippen molar-refractivity contribution in [2.75, 3.05) is 6.61 Å². The van der Waals surface area contributed by atoms with Gasteiger partial charge in [-0.05, 0) is 30.7 Å². The normalized spacial score (nSPS) is 10.4. The minimum atomic E-state index is -0.426. The highest BCUT2D eigenvalue weighted by atomic mass is 16.5. The van der Waals surface area contributed by atoms with Crippen LogP contribution >= 0.6 is 0 Å². The molecular formula is C18H17N3O4. The molecule has 3 rings (SSSR count). The van der Waals surface area contributed by atoms with Crippen molar-refractivity contribution >= 4 is 5.91 Å². The Morgan fingerprint density at radius 3 is 2.56 bits per heavy atom. The van der Waals surface area contributed by atoms with Crippen molar-refractivity contribution in [2.24, 2.45) is 0 Å². The zero-order chi connectivity index (χ0) is 17.5. The molecule has 2 aromatic carbocycles. The van der Waals surface area contributed by atoms with Crippen LogP contribution in [0.2, 0.25) is 0 Å². The summed E-state index contributed by atoms with van der Waals surface area (Å²) in [5.41, 5.74) is 3.27. The molecule has 1 amide bonds. The van der Waals surface area contributed by atoms with Gasteiger partial charge in [-0.25, -0.2) is 5.48 Å². The first kappa shape index (κ1) is 16.7. The zero-order valence-corrected chi connectivity index (χ0v) is 13.4. The topological polar surface area (TPSA) is 97.5 Å². The van der Waals surface area contributed by atoms with Crippen LogP contribution in [0.3, 0.4) is 0 Å². The van der Waals surface area contributed by atoms with Crippen molar-refractivity contribution in [1.29, 1.82) is 0 Å². The standard InChI is InChI=1S/C18H17N3O4/c22-16(20-23)7-4-12-24-15-10-8-14(9-11-15)18-19-17(21-25-18)13-5-2-1-3-6-13/h1-3,5-6,8-11,23H,4,7,12H2,(H,20,22). The summed E-state index contributed by atoms with van der Waals surface area (Å²) in [5, 5.41) is 12.4. The van der Waals surface area contributed by atoms with E-state index < -0.39 is 5.91 Å². The monoisotopic (exact) mass is 339 g/mol. The number of rotatable bonds is 7. The second-order valence-electron chi connectivity index (χ2n) is 5.30. The van der Waals surface area contributed by atoms with E-state index in [0.717, 1.165) is 11.1 Å². The van der Waals surface area contributed by atoms with E-state index in [1.165, 1.54) is 0 Å². The van der Waals surface area contributed by atoms with Gasteiger partial charge >= 0.3 is 0 Å². The van der Waals surface area contributed by atoms with Gasteiger partial charge < -0.3 is 9.26 Å². The lowest BCUT2D eigenvalue weighted by molar-refractivity contribution is -0.129. The van der Waals surface area contributed by atoms with Crippen LogP contribution in [0.5, 0.6) is 5.75 Å². The van der Waals surface area contributed by atoms with E-state index in [0.29, 0.717) is 30.5 Å². The average Bonchev–Trinajstić information content (AvgIpc) is 3.16. The van der Waals surface area contributed by atoms with Gasteiger partial charge in [0, 0.05) is 17.5 Å². The van der Waals surface area contributed by atoms with Crippen LogP contribution in [-0.2, 0) is 4.79 Å². The molecule has 0 unspecified atom stereocenters. The number of benzene rings is 2. The number of carbonyl (C=O) groups is 1. The van der Waals surface area contributed by atoms with Crippen molar-refractivity contribution in [3.8, 4) is 28.6 Å². The van der Waals surface area contributed by atoms with Crippen LogP contribution in [0.25, 0.3) is 22.8 Å². The van der Waals surface area contributed by atoms with Gasteiger partial charge in [-0.3, -0.25) is 10.0 Å². The molecule has 0 aliphatic rings. The quantitative estimate of drug-likeness (QED) is 0.390. The third kappa shape index (κ3) is 4.42. The Hall–Kier alpha value is -3.19. The molecule has 7 nitrogen and oxygen atoms in total. The summed E-state index contributed by atoms with van der Waals surface area (Å²) in [7, 11) is 0. The van der Waals surface area contributed by atoms with E-state index in [9.17, 15) is 4.79 Å². The molecule has 0 saturated heterocycles. The van der Waals surface area contributed by atoms with E-state index in [4.69, 9.17) is 14.5 Å². The molecule has 1 aromatic heterocycles. The molecule has 0 aliphatic carbocycles. The first-order chi connectivity index (χ1) is 12.3. The molecule has 0 spiro atoms. The fraction of sp³-hybridized carbons (Fsp3) is 0.167. The maximum absolute atomic E-state index is 10.9. The molecule has 3 aromatic rings. The van der Waals surface area contributed by atoms with E-state index in [1.54, 1.807) is 17.6 Å². The van der Waals surface area contributed by atoms with E-state index >= 15 is 0 Å². The molecule has 128 valence electrons. The van der Waals surface area contributed by atoms with Crippen molar-refractivity contribution in [3.05, 3.63) is 54.6 Å². The Morgan fingerprint density at radius 1 is 1.08 bits per heavy atom. The predicted molar refractivity (Wildman–Crippen MR) is 89.8 cm³/mol. The Bertz CT molecular complexity index is 816. The summed E-state index contributed by atoms with van der Waals surface area (Å²) in [5.74, 6) is 1.23. The van der Waals surface area contributed by atoms with Gasteiger partial charge in [0.25, 0.3) is 5.89 Å². The second kappa shape index (κ2) is 8.07. The van der Waals surface area contributed by atoms with Gasteiger partial charge in [-0.15, -0.1) is 0 Å². The summed E-state index contributed by atoms with van der Waals surface area (Å²) in [4.78, 5) is 15.3. The number of hydrogen-bond acceptors (Lipinski definition) is 6. The van der Waals surface area contributed by atoms with Crippen LogP contribution in [0.1, 0.15) is 12.8 Å².